The maximum absolute atomic E-state index is 11.8. The highest BCUT2D eigenvalue weighted by molar-refractivity contribution is 7.80. The highest BCUT2D eigenvalue weighted by Crippen LogP contribution is 2.10. The maximum atomic E-state index is 11.8. The second-order valence-corrected chi connectivity index (χ2v) is 4.68. The van der Waals surface area contributed by atoms with Crippen LogP contribution in [0.3, 0.4) is 0 Å². The first-order chi connectivity index (χ1) is 10.6. The minimum absolute atomic E-state index is 0.164. The van der Waals surface area contributed by atoms with Crippen LogP contribution in [-0.2, 0) is 0 Å². The molecular formula is C14H15N5O2S. The Hall–Kier alpha value is -2.74. The lowest BCUT2D eigenvalue weighted by atomic mass is 10.2. The van der Waals surface area contributed by atoms with E-state index in [1.165, 1.54) is 7.11 Å². The molecular weight excluding hydrogens is 302 g/mol. The largest absolute Gasteiger partial charge is 0.481 e. The van der Waals surface area contributed by atoms with Gasteiger partial charge in [0.1, 0.15) is 0 Å². The van der Waals surface area contributed by atoms with Gasteiger partial charge in [0, 0.05) is 17.3 Å². The number of methoxy groups -OCH3 is 1. The Kier molecular flexibility index (Phi) is 5.21. The second kappa shape index (κ2) is 7.32. The quantitative estimate of drug-likeness (QED) is 0.583. The number of benzene rings is 1. The molecule has 0 bridgehead atoms. The van der Waals surface area contributed by atoms with Crippen molar-refractivity contribution in [3.63, 3.8) is 0 Å². The van der Waals surface area contributed by atoms with Crippen molar-refractivity contribution in [3.8, 4) is 5.88 Å². The van der Waals surface area contributed by atoms with E-state index in [9.17, 15) is 4.79 Å². The highest BCUT2D eigenvalue weighted by Gasteiger charge is 2.07. The van der Waals surface area contributed by atoms with Crippen LogP contribution in [0.25, 0.3) is 0 Å². The molecule has 22 heavy (non-hydrogen) atoms. The first kappa shape index (κ1) is 15.6. The lowest BCUT2D eigenvalue weighted by Crippen LogP contribution is -2.44. The van der Waals surface area contributed by atoms with Gasteiger partial charge in [-0.1, -0.05) is 18.2 Å². The number of anilines is 1. The van der Waals surface area contributed by atoms with Crippen LogP contribution in [0.4, 0.5) is 5.95 Å². The van der Waals surface area contributed by atoms with Gasteiger partial charge in [0.05, 0.1) is 7.11 Å². The zero-order valence-corrected chi connectivity index (χ0v) is 12.9. The monoisotopic (exact) mass is 317 g/mol. The van der Waals surface area contributed by atoms with E-state index in [2.05, 4.69) is 26.1 Å². The molecule has 2 rings (SSSR count). The number of ether oxygens (including phenoxy) is 1. The third-order valence-corrected chi connectivity index (χ3v) is 2.79. The van der Waals surface area contributed by atoms with Crippen molar-refractivity contribution < 1.29 is 9.53 Å². The summed E-state index contributed by atoms with van der Waals surface area (Å²) in [5, 5.41) is 2.93. The van der Waals surface area contributed by atoms with Gasteiger partial charge in [0.15, 0.2) is 5.11 Å². The van der Waals surface area contributed by atoms with Crippen molar-refractivity contribution >= 4 is 29.2 Å². The number of hydrazine groups is 1. The fourth-order valence-corrected chi connectivity index (χ4v) is 1.75. The topological polar surface area (TPSA) is 88.2 Å². The van der Waals surface area contributed by atoms with Crippen LogP contribution in [-0.4, -0.2) is 28.1 Å². The molecule has 0 aliphatic rings. The fourth-order valence-electron chi connectivity index (χ4n) is 1.61. The van der Waals surface area contributed by atoms with Crippen molar-refractivity contribution in [1.82, 2.24) is 20.8 Å². The lowest BCUT2D eigenvalue weighted by molar-refractivity contribution is 0.0944. The summed E-state index contributed by atoms with van der Waals surface area (Å²) >= 11 is 5.07. The number of carbonyl (C=O) groups excluding carboxylic acids is 1. The number of nitrogens with zero attached hydrogens (tertiary/aromatic N) is 2. The number of aryl methyl sites for hydroxylation is 1. The Labute approximate surface area is 133 Å². The van der Waals surface area contributed by atoms with E-state index in [-0.39, 0.29) is 17.0 Å². The van der Waals surface area contributed by atoms with Gasteiger partial charge in [-0.3, -0.25) is 21.0 Å². The Morgan fingerprint density at radius 2 is 1.91 bits per heavy atom. The molecule has 0 atom stereocenters. The summed E-state index contributed by atoms with van der Waals surface area (Å²) in [4.78, 5) is 20.1. The standard InChI is InChI=1S/C14H15N5O2S/c1-9-8-11(21-2)16-13(15-9)17-14(22)19-18-12(20)10-6-4-3-5-7-10/h3-8H,1-2H3,(H,18,20)(H2,15,16,17,19,22). The molecule has 0 saturated heterocycles. The van der Waals surface area contributed by atoms with Crippen LogP contribution in [0.5, 0.6) is 5.88 Å². The molecule has 0 aliphatic carbocycles. The number of amides is 1. The van der Waals surface area contributed by atoms with Crippen molar-refractivity contribution in [3.05, 3.63) is 47.7 Å². The average molecular weight is 317 g/mol. The molecule has 0 radical (unpaired) electrons. The van der Waals surface area contributed by atoms with E-state index in [1.807, 2.05) is 13.0 Å². The fraction of sp³-hybridized carbons (Fsp3) is 0.143. The number of thiocarbonyl (C=S) groups is 1. The molecule has 1 aromatic carbocycles. The predicted octanol–water partition coefficient (Wildman–Crippen LogP) is 1.43. The molecule has 0 spiro atoms. The van der Waals surface area contributed by atoms with Gasteiger partial charge in [0.25, 0.3) is 5.91 Å². The number of aromatic nitrogens is 2. The average Bonchev–Trinajstić information content (AvgIpc) is 2.52. The third kappa shape index (κ3) is 4.38. The number of hydrogen-bond donors (Lipinski definition) is 3. The summed E-state index contributed by atoms with van der Waals surface area (Å²) in [7, 11) is 1.52. The normalized spacial score (nSPS) is 9.73. The molecule has 0 aliphatic heterocycles. The SMILES string of the molecule is COc1cc(C)nc(NC(=S)NNC(=O)c2ccccc2)n1. The van der Waals surface area contributed by atoms with Crippen molar-refractivity contribution in [2.24, 2.45) is 0 Å². The highest BCUT2D eigenvalue weighted by atomic mass is 32.1. The summed E-state index contributed by atoms with van der Waals surface area (Å²) < 4.78 is 5.05. The molecule has 0 saturated carbocycles. The summed E-state index contributed by atoms with van der Waals surface area (Å²) in [6.45, 7) is 1.81. The van der Waals surface area contributed by atoms with Gasteiger partial charge in [0.2, 0.25) is 11.8 Å². The second-order valence-electron chi connectivity index (χ2n) is 4.27. The van der Waals surface area contributed by atoms with Gasteiger partial charge < -0.3 is 4.74 Å². The predicted molar refractivity (Wildman–Crippen MR) is 86.6 cm³/mol. The van der Waals surface area contributed by atoms with Gasteiger partial charge in [-0.15, -0.1) is 0 Å². The van der Waals surface area contributed by atoms with E-state index in [0.717, 1.165) is 5.69 Å². The zero-order chi connectivity index (χ0) is 15.9. The van der Waals surface area contributed by atoms with Crippen molar-refractivity contribution in [1.29, 1.82) is 0 Å². The summed E-state index contributed by atoms with van der Waals surface area (Å²) in [5.41, 5.74) is 6.32. The number of carbonyl (C=O) groups is 1. The zero-order valence-electron chi connectivity index (χ0n) is 12.1. The van der Waals surface area contributed by atoms with Crippen LogP contribution in [0, 0.1) is 6.92 Å². The Morgan fingerprint density at radius 3 is 2.59 bits per heavy atom. The first-order valence-electron chi connectivity index (χ1n) is 6.40. The smallest absolute Gasteiger partial charge is 0.269 e. The van der Waals surface area contributed by atoms with Crippen LogP contribution in [0.15, 0.2) is 36.4 Å². The molecule has 1 amide bonds. The van der Waals surface area contributed by atoms with Gasteiger partial charge in [-0.25, -0.2) is 4.98 Å². The molecule has 0 fully saturated rings. The van der Waals surface area contributed by atoms with Crippen LogP contribution in [0.2, 0.25) is 0 Å². The Balaban J connectivity index is 1.91. The maximum Gasteiger partial charge on any atom is 0.269 e. The van der Waals surface area contributed by atoms with Gasteiger partial charge in [-0.2, -0.15) is 4.98 Å². The lowest BCUT2D eigenvalue weighted by Gasteiger charge is -2.11. The molecule has 7 nitrogen and oxygen atoms in total. The molecule has 2 aromatic rings. The first-order valence-corrected chi connectivity index (χ1v) is 6.81. The molecule has 8 heteroatoms. The van der Waals surface area contributed by atoms with Crippen molar-refractivity contribution in [2.45, 2.75) is 6.92 Å². The Bertz CT molecular complexity index is 678. The summed E-state index contributed by atoms with van der Waals surface area (Å²) in [6, 6.07) is 10.5. The third-order valence-electron chi connectivity index (χ3n) is 2.59. The summed E-state index contributed by atoms with van der Waals surface area (Å²) in [6.07, 6.45) is 0. The molecule has 0 unspecified atom stereocenters. The minimum Gasteiger partial charge on any atom is -0.481 e. The number of rotatable bonds is 3. The van der Waals surface area contributed by atoms with E-state index in [0.29, 0.717) is 11.4 Å². The van der Waals surface area contributed by atoms with Crippen LogP contribution in [0.1, 0.15) is 16.1 Å². The molecule has 1 aromatic heterocycles. The van der Waals surface area contributed by atoms with Crippen molar-refractivity contribution in [2.75, 3.05) is 12.4 Å². The molecule has 1 heterocycles. The van der Waals surface area contributed by atoms with Gasteiger partial charge >= 0.3 is 0 Å². The van der Waals surface area contributed by atoms with Crippen LogP contribution < -0.4 is 20.9 Å². The minimum atomic E-state index is -0.299. The number of nitrogens with one attached hydrogen (secondary N) is 3. The molecule has 114 valence electrons. The van der Waals surface area contributed by atoms with E-state index < -0.39 is 0 Å². The van der Waals surface area contributed by atoms with Crippen LogP contribution >= 0.6 is 12.2 Å². The van der Waals surface area contributed by atoms with E-state index in [4.69, 9.17) is 17.0 Å². The molecule has 3 N–H and O–H groups in total. The van der Waals surface area contributed by atoms with E-state index in [1.54, 1.807) is 30.3 Å². The number of hydrogen-bond acceptors (Lipinski definition) is 5. The van der Waals surface area contributed by atoms with Gasteiger partial charge in [-0.05, 0) is 31.3 Å². The Morgan fingerprint density at radius 1 is 1.18 bits per heavy atom. The summed E-state index contributed by atoms with van der Waals surface area (Å²) in [5.74, 6) is 0.405. The van der Waals surface area contributed by atoms with E-state index >= 15 is 0 Å².